The minimum atomic E-state index is 0.0231. The molecule has 5 rings (SSSR count). The Kier molecular flexibility index (Phi) is 6.19. The number of nitrogens with zero attached hydrogens (tertiary/aromatic N) is 3. The summed E-state index contributed by atoms with van der Waals surface area (Å²) >= 11 is 8.05. The van der Waals surface area contributed by atoms with Crippen molar-refractivity contribution in [3.8, 4) is 17.0 Å². The van der Waals surface area contributed by atoms with E-state index < -0.39 is 0 Å². The lowest BCUT2D eigenvalue weighted by molar-refractivity contribution is 0.0748. The van der Waals surface area contributed by atoms with E-state index in [-0.39, 0.29) is 5.91 Å². The van der Waals surface area contributed by atoms with Gasteiger partial charge >= 0.3 is 0 Å². The summed E-state index contributed by atoms with van der Waals surface area (Å²) in [5.41, 5.74) is 4.49. The summed E-state index contributed by atoms with van der Waals surface area (Å²) in [5.74, 6) is 0.863. The topological polar surface area (TPSA) is 45.7 Å². The Balaban J connectivity index is 1.44. The minimum absolute atomic E-state index is 0.0231. The fourth-order valence-electron chi connectivity index (χ4n) is 4.53. The van der Waals surface area contributed by atoms with E-state index in [9.17, 15) is 4.79 Å². The third kappa shape index (κ3) is 4.36. The average Bonchev–Trinajstić information content (AvgIpc) is 3.21. The number of piperazine rings is 1. The third-order valence-electron chi connectivity index (χ3n) is 6.32. The van der Waals surface area contributed by atoms with Gasteiger partial charge in [0, 0.05) is 57.6 Å². The number of thiophene rings is 1. The molecular weight excluding hydrogens is 466 g/mol. The van der Waals surface area contributed by atoms with Crippen molar-refractivity contribution in [1.29, 1.82) is 0 Å². The second-order valence-corrected chi connectivity index (χ2v) is 10.4. The number of aryl methyl sites for hydroxylation is 2. The highest BCUT2D eigenvalue weighted by Crippen LogP contribution is 2.33. The first kappa shape index (κ1) is 22.7. The zero-order valence-corrected chi connectivity index (χ0v) is 21.0. The van der Waals surface area contributed by atoms with Crippen LogP contribution in [0, 0.1) is 13.8 Å². The molecule has 3 heterocycles. The minimum Gasteiger partial charge on any atom is -0.497 e. The second kappa shape index (κ2) is 9.28. The van der Waals surface area contributed by atoms with Crippen LogP contribution in [0.3, 0.4) is 0 Å². The number of fused-ring (bicyclic) bond motifs is 1. The van der Waals surface area contributed by atoms with Crippen LogP contribution in [0.25, 0.3) is 22.2 Å². The quantitative estimate of drug-likeness (QED) is 0.340. The van der Waals surface area contributed by atoms with Crippen molar-refractivity contribution in [3.63, 3.8) is 0 Å². The third-order valence-corrected chi connectivity index (χ3v) is 7.52. The molecule has 0 N–H and O–H groups in total. The number of anilines is 1. The Hall–Kier alpha value is -3.09. The van der Waals surface area contributed by atoms with Crippen LogP contribution in [0.5, 0.6) is 5.75 Å². The van der Waals surface area contributed by atoms with Crippen molar-refractivity contribution in [2.75, 3.05) is 38.2 Å². The molecule has 2 aromatic heterocycles. The molecule has 7 heteroatoms. The van der Waals surface area contributed by atoms with Crippen molar-refractivity contribution >= 4 is 45.4 Å². The fourth-order valence-corrected chi connectivity index (χ4v) is 5.63. The second-order valence-electron chi connectivity index (χ2n) is 8.52. The number of pyridine rings is 1. The summed E-state index contributed by atoms with van der Waals surface area (Å²) < 4.78 is 5.26. The van der Waals surface area contributed by atoms with Gasteiger partial charge in [0.1, 0.15) is 5.75 Å². The normalized spacial score (nSPS) is 14.0. The molecule has 0 aliphatic carbocycles. The molecule has 0 bridgehead atoms. The number of halogens is 1. The van der Waals surface area contributed by atoms with Gasteiger partial charge in [0.05, 0.1) is 23.9 Å². The summed E-state index contributed by atoms with van der Waals surface area (Å²) in [6.45, 7) is 7.05. The summed E-state index contributed by atoms with van der Waals surface area (Å²) in [4.78, 5) is 25.3. The molecule has 1 aliphatic rings. The molecular formula is C27H26ClN3O2S. The summed E-state index contributed by atoms with van der Waals surface area (Å²) in [7, 11) is 1.67. The van der Waals surface area contributed by atoms with Crippen LogP contribution in [-0.2, 0) is 0 Å². The predicted octanol–water partition coefficient (Wildman–Crippen LogP) is 6.20. The molecule has 174 valence electrons. The van der Waals surface area contributed by atoms with Crippen LogP contribution in [0.15, 0.2) is 54.6 Å². The Labute approximate surface area is 208 Å². The number of hydrogen-bond donors (Lipinski definition) is 0. The number of carbonyl (C=O) groups excluding carboxylic acids is 1. The first-order valence-corrected chi connectivity index (χ1v) is 12.5. The molecule has 0 spiro atoms. The molecule has 1 amide bonds. The largest absolute Gasteiger partial charge is 0.497 e. The standard InChI is InChI=1S/C27H26ClN3O2S/c1-17-14-22(18(2)34-17)26-16-24(23-15-19(28)4-9-25(23)29-26)27(32)31-12-10-30(11-13-31)20-5-7-21(33-3)8-6-20/h4-9,14-16H,10-13H2,1-3H3. The van der Waals surface area contributed by atoms with Crippen LogP contribution in [-0.4, -0.2) is 49.1 Å². The molecule has 34 heavy (non-hydrogen) atoms. The zero-order chi connectivity index (χ0) is 23.8. The molecule has 0 saturated carbocycles. The number of rotatable bonds is 4. The smallest absolute Gasteiger partial charge is 0.254 e. The molecule has 4 aromatic rings. The molecule has 2 aromatic carbocycles. The number of ether oxygens (including phenoxy) is 1. The van der Waals surface area contributed by atoms with E-state index >= 15 is 0 Å². The highest BCUT2D eigenvalue weighted by molar-refractivity contribution is 7.12. The van der Waals surface area contributed by atoms with E-state index in [1.165, 1.54) is 9.75 Å². The van der Waals surface area contributed by atoms with Gasteiger partial charge in [-0.15, -0.1) is 11.3 Å². The van der Waals surface area contributed by atoms with Gasteiger partial charge in [-0.25, -0.2) is 4.98 Å². The van der Waals surface area contributed by atoms with E-state index in [0.29, 0.717) is 23.7 Å². The lowest BCUT2D eigenvalue weighted by Gasteiger charge is -2.36. The number of aromatic nitrogens is 1. The van der Waals surface area contributed by atoms with Gasteiger partial charge in [-0.05, 0) is 68.4 Å². The summed E-state index contributed by atoms with van der Waals surface area (Å²) in [6.07, 6.45) is 0. The Morgan fingerprint density at radius 3 is 2.38 bits per heavy atom. The highest BCUT2D eigenvalue weighted by Gasteiger charge is 2.25. The van der Waals surface area contributed by atoms with Crippen molar-refractivity contribution in [3.05, 3.63) is 74.9 Å². The van der Waals surface area contributed by atoms with E-state index in [1.807, 2.05) is 41.3 Å². The number of benzene rings is 2. The average molecular weight is 492 g/mol. The Bertz CT molecular complexity index is 1360. The van der Waals surface area contributed by atoms with Crippen molar-refractivity contribution in [2.45, 2.75) is 13.8 Å². The maximum Gasteiger partial charge on any atom is 0.254 e. The van der Waals surface area contributed by atoms with Crippen molar-refractivity contribution in [1.82, 2.24) is 9.88 Å². The van der Waals surface area contributed by atoms with Gasteiger partial charge in [-0.1, -0.05) is 11.6 Å². The molecule has 0 atom stereocenters. The van der Waals surface area contributed by atoms with Crippen LogP contribution in [0.2, 0.25) is 5.02 Å². The lowest BCUT2D eigenvalue weighted by Crippen LogP contribution is -2.48. The van der Waals surface area contributed by atoms with Crippen molar-refractivity contribution in [2.24, 2.45) is 0 Å². The first-order valence-electron chi connectivity index (χ1n) is 11.3. The number of amides is 1. The predicted molar refractivity (Wildman–Crippen MR) is 141 cm³/mol. The summed E-state index contributed by atoms with van der Waals surface area (Å²) in [5, 5.41) is 1.39. The van der Waals surface area contributed by atoms with E-state index in [2.05, 4.69) is 36.9 Å². The molecule has 1 fully saturated rings. The number of carbonyl (C=O) groups is 1. The van der Waals surface area contributed by atoms with E-state index in [4.69, 9.17) is 21.3 Å². The van der Waals surface area contributed by atoms with Crippen LogP contribution in [0.4, 0.5) is 5.69 Å². The van der Waals surface area contributed by atoms with Crippen molar-refractivity contribution < 1.29 is 9.53 Å². The number of methoxy groups -OCH3 is 1. The van der Waals surface area contributed by atoms with E-state index in [0.717, 1.165) is 46.7 Å². The Morgan fingerprint density at radius 1 is 1.00 bits per heavy atom. The molecule has 0 unspecified atom stereocenters. The zero-order valence-electron chi connectivity index (χ0n) is 19.5. The molecule has 0 radical (unpaired) electrons. The fraction of sp³-hybridized carbons (Fsp3) is 0.259. The highest BCUT2D eigenvalue weighted by atomic mass is 35.5. The van der Waals surface area contributed by atoms with Gasteiger partial charge in [0.2, 0.25) is 0 Å². The van der Waals surface area contributed by atoms with Crippen LogP contribution >= 0.6 is 22.9 Å². The lowest BCUT2D eigenvalue weighted by atomic mass is 10.0. The SMILES string of the molecule is COc1ccc(N2CCN(C(=O)c3cc(-c4cc(C)sc4C)nc4ccc(Cl)cc34)CC2)cc1. The van der Waals surface area contributed by atoms with Gasteiger partial charge in [-0.3, -0.25) is 4.79 Å². The first-order chi connectivity index (χ1) is 16.4. The van der Waals surface area contributed by atoms with E-state index in [1.54, 1.807) is 18.4 Å². The van der Waals surface area contributed by atoms with Gasteiger partial charge in [-0.2, -0.15) is 0 Å². The summed E-state index contributed by atoms with van der Waals surface area (Å²) in [6, 6.07) is 17.7. The van der Waals surface area contributed by atoms with Gasteiger partial charge < -0.3 is 14.5 Å². The maximum atomic E-state index is 13.7. The number of hydrogen-bond acceptors (Lipinski definition) is 5. The van der Waals surface area contributed by atoms with Crippen LogP contribution in [0.1, 0.15) is 20.1 Å². The Morgan fingerprint density at radius 2 is 1.74 bits per heavy atom. The maximum absolute atomic E-state index is 13.7. The monoisotopic (exact) mass is 491 g/mol. The van der Waals surface area contributed by atoms with Crippen LogP contribution < -0.4 is 9.64 Å². The molecule has 5 nitrogen and oxygen atoms in total. The van der Waals surface area contributed by atoms with Gasteiger partial charge in [0.25, 0.3) is 5.91 Å². The molecule has 1 aliphatic heterocycles. The molecule has 1 saturated heterocycles. The van der Waals surface area contributed by atoms with Gasteiger partial charge in [0.15, 0.2) is 0 Å².